The highest BCUT2D eigenvalue weighted by molar-refractivity contribution is 7.90. The minimum atomic E-state index is -2.92. The SMILES string of the molecule is CC(C)(O)c1ccc(OCCCS(C)(=O)=O)cc1. The highest BCUT2D eigenvalue weighted by Gasteiger charge is 2.15. The van der Waals surface area contributed by atoms with Gasteiger partial charge in [-0.1, -0.05) is 12.1 Å². The molecule has 1 aromatic rings. The van der Waals surface area contributed by atoms with Crippen LogP contribution < -0.4 is 4.74 Å². The summed E-state index contributed by atoms with van der Waals surface area (Å²) in [4.78, 5) is 0. The van der Waals surface area contributed by atoms with Crippen LogP contribution in [0.5, 0.6) is 5.75 Å². The van der Waals surface area contributed by atoms with Gasteiger partial charge in [-0.2, -0.15) is 0 Å². The zero-order valence-corrected chi connectivity index (χ0v) is 11.8. The first-order valence-corrected chi connectivity index (χ1v) is 7.88. The van der Waals surface area contributed by atoms with Crippen LogP contribution in [0.1, 0.15) is 25.8 Å². The summed E-state index contributed by atoms with van der Waals surface area (Å²) in [5.41, 5.74) is -0.0552. The molecule has 0 radical (unpaired) electrons. The van der Waals surface area contributed by atoms with Gasteiger partial charge in [0.25, 0.3) is 0 Å². The Balaban J connectivity index is 2.45. The number of hydrogen-bond donors (Lipinski definition) is 1. The molecule has 5 heteroatoms. The van der Waals surface area contributed by atoms with E-state index in [1.54, 1.807) is 38.1 Å². The molecule has 0 saturated heterocycles. The van der Waals surface area contributed by atoms with Gasteiger partial charge in [0.15, 0.2) is 0 Å². The van der Waals surface area contributed by atoms with Gasteiger partial charge in [-0.3, -0.25) is 0 Å². The first-order valence-electron chi connectivity index (χ1n) is 5.82. The summed E-state index contributed by atoms with van der Waals surface area (Å²) in [5, 5.41) is 9.78. The molecule has 0 aliphatic carbocycles. The molecule has 102 valence electrons. The highest BCUT2D eigenvalue weighted by Crippen LogP contribution is 2.22. The molecule has 1 aromatic carbocycles. The molecular formula is C13H20O4S. The molecule has 4 nitrogen and oxygen atoms in total. The minimum Gasteiger partial charge on any atom is -0.494 e. The van der Waals surface area contributed by atoms with E-state index in [1.165, 1.54) is 6.26 Å². The summed E-state index contributed by atoms with van der Waals surface area (Å²) >= 11 is 0. The summed E-state index contributed by atoms with van der Waals surface area (Å²) in [7, 11) is -2.92. The van der Waals surface area contributed by atoms with Crippen molar-refractivity contribution in [3.05, 3.63) is 29.8 Å². The second-order valence-electron chi connectivity index (χ2n) is 4.92. The van der Waals surface area contributed by atoms with Gasteiger partial charge in [0.05, 0.1) is 18.0 Å². The molecule has 0 atom stereocenters. The van der Waals surface area contributed by atoms with E-state index in [0.717, 1.165) is 5.56 Å². The van der Waals surface area contributed by atoms with Crippen LogP contribution in [0.25, 0.3) is 0 Å². The van der Waals surface area contributed by atoms with Crippen LogP contribution in [0.4, 0.5) is 0 Å². The van der Waals surface area contributed by atoms with E-state index in [9.17, 15) is 13.5 Å². The van der Waals surface area contributed by atoms with Crippen molar-refractivity contribution < 1.29 is 18.3 Å². The Bertz CT molecular complexity index is 469. The number of hydrogen-bond acceptors (Lipinski definition) is 4. The molecule has 0 aliphatic heterocycles. The molecule has 0 saturated carbocycles. The molecular weight excluding hydrogens is 252 g/mol. The van der Waals surface area contributed by atoms with E-state index in [4.69, 9.17) is 4.74 Å². The fourth-order valence-electron chi connectivity index (χ4n) is 1.47. The number of aliphatic hydroxyl groups is 1. The maximum absolute atomic E-state index is 10.9. The van der Waals surface area contributed by atoms with Crippen molar-refractivity contribution in [2.45, 2.75) is 25.9 Å². The van der Waals surface area contributed by atoms with Gasteiger partial charge < -0.3 is 9.84 Å². The zero-order chi connectivity index (χ0) is 13.8. The average Bonchev–Trinajstić information content (AvgIpc) is 2.22. The van der Waals surface area contributed by atoms with Gasteiger partial charge in [0, 0.05) is 6.26 Å². The maximum atomic E-state index is 10.9. The third-order valence-electron chi connectivity index (χ3n) is 2.49. The van der Waals surface area contributed by atoms with Gasteiger partial charge >= 0.3 is 0 Å². The average molecular weight is 272 g/mol. The lowest BCUT2D eigenvalue weighted by Crippen LogP contribution is -2.15. The number of benzene rings is 1. The van der Waals surface area contributed by atoms with E-state index in [-0.39, 0.29) is 5.75 Å². The molecule has 0 fully saturated rings. The number of rotatable bonds is 6. The largest absolute Gasteiger partial charge is 0.494 e. The van der Waals surface area contributed by atoms with E-state index >= 15 is 0 Å². The lowest BCUT2D eigenvalue weighted by atomic mass is 9.99. The number of sulfone groups is 1. The fourth-order valence-corrected chi connectivity index (χ4v) is 2.11. The second kappa shape index (κ2) is 5.71. The van der Waals surface area contributed by atoms with Gasteiger partial charge in [0.2, 0.25) is 0 Å². The molecule has 1 rings (SSSR count). The van der Waals surface area contributed by atoms with Crippen molar-refractivity contribution in [3.8, 4) is 5.75 Å². The molecule has 1 N–H and O–H groups in total. The van der Waals surface area contributed by atoms with Crippen LogP contribution in [0, 0.1) is 0 Å². The maximum Gasteiger partial charge on any atom is 0.147 e. The van der Waals surface area contributed by atoms with Crippen LogP contribution in [0.2, 0.25) is 0 Å². The molecule has 0 spiro atoms. The van der Waals surface area contributed by atoms with Crippen LogP contribution in [-0.2, 0) is 15.4 Å². The Labute approximate surface area is 109 Å². The van der Waals surface area contributed by atoms with Crippen LogP contribution in [0.15, 0.2) is 24.3 Å². The standard InChI is InChI=1S/C13H20O4S/c1-13(2,14)11-5-7-12(8-6-11)17-9-4-10-18(3,15)16/h5-8,14H,4,9-10H2,1-3H3. The van der Waals surface area contributed by atoms with Crippen molar-refractivity contribution in [2.24, 2.45) is 0 Å². The monoisotopic (exact) mass is 272 g/mol. The fraction of sp³-hybridized carbons (Fsp3) is 0.538. The van der Waals surface area contributed by atoms with E-state index in [1.807, 2.05) is 0 Å². The Morgan fingerprint density at radius 3 is 2.22 bits per heavy atom. The lowest BCUT2D eigenvalue weighted by Gasteiger charge is -2.17. The van der Waals surface area contributed by atoms with E-state index < -0.39 is 15.4 Å². The van der Waals surface area contributed by atoms with Crippen molar-refractivity contribution in [1.29, 1.82) is 0 Å². The highest BCUT2D eigenvalue weighted by atomic mass is 32.2. The summed E-state index contributed by atoms with van der Waals surface area (Å²) in [6.45, 7) is 3.80. The smallest absolute Gasteiger partial charge is 0.147 e. The van der Waals surface area contributed by atoms with Crippen molar-refractivity contribution in [1.82, 2.24) is 0 Å². The molecule has 18 heavy (non-hydrogen) atoms. The van der Waals surface area contributed by atoms with Crippen LogP contribution in [0.3, 0.4) is 0 Å². The van der Waals surface area contributed by atoms with E-state index in [2.05, 4.69) is 0 Å². The Morgan fingerprint density at radius 2 is 1.78 bits per heavy atom. The summed E-state index contributed by atoms with van der Waals surface area (Å²) in [6, 6.07) is 7.14. The first-order chi connectivity index (χ1) is 8.18. The van der Waals surface area contributed by atoms with Crippen molar-refractivity contribution in [2.75, 3.05) is 18.6 Å². The predicted octanol–water partition coefficient (Wildman–Crippen LogP) is 1.73. The summed E-state index contributed by atoms with van der Waals surface area (Å²) in [5.74, 6) is 0.811. The normalized spacial score (nSPS) is 12.4. The third-order valence-corrected chi connectivity index (χ3v) is 3.52. The topological polar surface area (TPSA) is 63.6 Å². The van der Waals surface area contributed by atoms with Gasteiger partial charge in [-0.05, 0) is 38.0 Å². The predicted molar refractivity (Wildman–Crippen MR) is 71.5 cm³/mol. The zero-order valence-electron chi connectivity index (χ0n) is 11.0. The van der Waals surface area contributed by atoms with Crippen molar-refractivity contribution in [3.63, 3.8) is 0 Å². The van der Waals surface area contributed by atoms with Gasteiger partial charge in [-0.25, -0.2) is 8.42 Å². The molecule has 0 aliphatic rings. The Kier molecular flexibility index (Phi) is 4.76. The molecule has 0 unspecified atom stereocenters. The quantitative estimate of drug-likeness (QED) is 0.801. The Morgan fingerprint density at radius 1 is 1.22 bits per heavy atom. The summed E-state index contributed by atoms with van der Waals surface area (Å²) in [6.07, 6.45) is 1.69. The first kappa shape index (κ1) is 15.0. The third kappa shape index (κ3) is 5.51. The summed E-state index contributed by atoms with van der Waals surface area (Å²) < 4.78 is 27.3. The molecule has 0 bridgehead atoms. The van der Waals surface area contributed by atoms with Gasteiger partial charge in [0.1, 0.15) is 15.6 Å². The molecule has 0 amide bonds. The van der Waals surface area contributed by atoms with Crippen LogP contribution in [-0.4, -0.2) is 32.1 Å². The molecule has 0 heterocycles. The van der Waals surface area contributed by atoms with Crippen molar-refractivity contribution >= 4 is 9.84 Å². The Hall–Kier alpha value is -1.07. The second-order valence-corrected chi connectivity index (χ2v) is 7.18. The van der Waals surface area contributed by atoms with Gasteiger partial charge in [-0.15, -0.1) is 0 Å². The molecule has 0 aromatic heterocycles. The van der Waals surface area contributed by atoms with E-state index in [0.29, 0.717) is 18.8 Å². The number of ether oxygens (including phenoxy) is 1. The lowest BCUT2D eigenvalue weighted by molar-refractivity contribution is 0.0785. The van der Waals surface area contributed by atoms with Crippen LogP contribution >= 0.6 is 0 Å². The minimum absolute atomic E-state index is 0.134.